The molecular formula is C16H20N6O2. The van der Waals surface area contributed by atoms with E-state index in [1.807, 2.05) is 6.92 Å². The van der Waals surface area contributed by atoms with Crippen LogP contribution in [0.1, 0.15) is 24.1 Å². The van der Waals surface area contributed by atoms with Gasteiger partial charge in [0.25, 0.3) is 5.91 Å². The molecule has 2 amide bonds. The molecule has 1 saturated heterocycles. The molecule has 24 heavy (non-hydrogen) atoms. The first-order valence-corrected chi connectivity index (χ1v) is 7.86. The van der Waals surface area contributed by atoms with Gasteiger partial charge in [-0.3, -0.25) is 24.2 Å². The van der Waals surface area contributed by atoms with Gasteiger partial charge in [-0.05, 0) is 25.3 Å². The second-order valence-electron chi connectivity index (χ2n) is 5.89. The van der Waals surface area contributed by atoms with E-state index in [0.717, 1.165) is 12.0 Å². The molecule has 0 bridgehead atoms. The molecule has 1 aliphatic rings. The normalized spacial score (nSPS) is 20.2. The van der Waals surface area contributed by atoms with Gasteiger partial charge in [-0.1, -0.05) is 0 Å². The highest BCUT2D eigenvalue weighted by atomic mass is 16.2. The second-order valence-corrected chi connectivity index (χ2v) is 5.89. The van der Waals surface area contributed by atoms with Gasteiger partial charge < -0.3 is 10.2 Å². The Morgan fingerprint density at radius 1 is 1.33 bits per heavy atom. The minimum absolute atomic E-state index is 0.0901. The smallest absolute Gasteiger partial charge is 0.252 e. The van der Waals surface area contributed by atoms with Gasteiger partial charge in [-0.25, -0.2) is 0 Å². The average Bonchev–Trinajstić information content (AvgIpc) is 3.22. The Bertz CT molecular complexity index is 744. The summed E-state index contributed by atoms with van der Waals surface area (Å²) < 4.78 is 1.58. The number of aryl methyl sites for hydroxylation is 1. The maximum Gasteiger partial charge on any atom is 0.252 e. The third-order valence-corrected chi connectivity index (χ3v) is 4.33. The number of nitrogens with zero attached hydrogens (tertiary/aromatic N) is 5. The van der Waals surface area contributed by atoms with Crippen LogP contribution in [-0.2, 0) is 21.7 Å². The molecule has 8 heteroatoms. The van der Waals surface area contributed by atoms with Gasteiger partial charge in [0.05, 0.1) is 18.1 Å². The van der Waals surface area contributed by atoms with E-state index in [1.165, 1.54) is 6.20 Å². The number of amides is 2. The van der Waals surface area contributed by atoms with Gasteiger partial charge in [-0.15, -0.1) is 0 Å². The molecule has 1 aliphatic heterocycles. The van der Waals surface area contributed by atoms with Crippen LogP contribution in [0.25, 0.3) is 0 Å². The first kappa shape index (κ1) is 16.1. The molecule has 3 rings (SSSR count). The lowest BCUT2D eigenvalue weighted by Gasteiger charge is -2.36. The summed E-state index contributed by atoms with van der Waals surface area (Å²) in [6.45, 7) is 2.51. The Balaban J connectivity index is 1.95. The van der Waals surface area contributed by atoms with Crippen LogP contribution in [0.5, 0.6) is 0 Å². The Kier molecular flexibility index (Phi) is 4.28. The molecule has 3 heterocycles. The summed E-state index contributed by atoms with van der Waals surface area (Å²) in [5, 5.41) is 6.83. The molecule has 1 N–H and O–H groups in total. The van der Waals surface area contributed by atoms with Crippen LogP contribution in [0.15, 0.2) is 31.0 Å². The van der Waals surface area contributed by atoms with Crippen LogP contribution in [0.4, 0.5) is 0 Å². The maximum atomic E-state index is 12.9. The van der Waals surface area contributed by atoms with E-state index in [9.17, 15) is 9.59 Å². The predicted octanol–water partition coefficient (Wildman–Crippen LogP) is 0.245. The lowest BCUT2D eigenvalue weighted by Crippen LogP contribution is -2.55. The molecule has 1 unspecified atom stereocenters. The third kappa shape index (κ3) is 2.64. The number of rotatable bonds is 4. The van der Waals surface area contributed by atoms with E-state index >= 15 is 0 Å². The van der Waals surface area contributed by atoms with E-state index in [0.29, 0.717) is 18.7 Å². The van der Waals surface area contributed by atoms with Gasteiger partial charge in [-0.2, -0.15) is 5.10 Å². The van der Waals surface area contributed by atoms with Crippen molar-refractivity contribution in [2.45, 2.75) is 31.8 Å². The molecule has 8 nitrogen and oxygen atoms in total. The van der Waals surface area contributed by atoms with Crippen molar-refractivity contribution in [2.75, 3.05) is 13.6 Å². The Hall–Kier alpha value is -2.77. The molecule has 126 valence electrons. The SMILES string of the molecule is CNC(=O)C1(c2cnccn2)CCCN1C(=O)Cn1cc(C)cn1. The lowest BCUT2D eigenvalue weighted by atomic mass is 9.90. The van der Waals surface area contributed by atoms with Crippen molar-refractivity contribution in [3.8, 4) is 0 Å². The fourth-order valence-electron chi connectivity index (χ4n) is 3.27. The first-order valence-electron chi connectivity index (χ1n) is 7.86. The Morgan fingerprint density at radius 2 is 2.17 bits per heavy atom. The van der Waals surface area contributed by atoms with Crippen LogP contribution in [0.3, 0.4) is 0 Å². The summed E-state index contributed by atoms with van der Waals surface area (Å²) in [6, 6.07) is 0. The zero-order valence-electron chi connectivity index (χ0n) is 13.8. The van der Waals surface area contributed by atoms with Gasteiger partial charge in [0, 0.05) is 32.2 Å². The highest BCUT2D eigenvalue weighted by Crippen LogP contribution is 2.38. The summed E-state index contributed by atoms with van der Waals surface area (Å²) in [4.78, 5) is 35.6. The van der Waals surface area contributed by atoms with E-state index in [-0.39, 0.29) is 18.4 Å². The minimum Gasteiger partial charge on any atom is -0.357 e. The molecule has 0 aromatic carbocycles. The molecule has 1 fully saturated rings. The number of hydrogen-bond acceptors (Lipinski definition) is 5. The van der Waals surface area contributed by atoms with Gasteiger partial charge in [0.15, 0.2) is 5.54 Å². The summed E-state index contributed by atoms with van der Waals surface area (Å²) in [6.07, 6.45) is 9.40. The highest BCUT2D eigenvalue weighted by molar-refractivity contribution is 5.92. The summed E-state index contributed by atoms with van der Waals surface area (Å²) in [5.74, 6) is -0.407. The number of likely N-dealkylation sites (N-methyl/N-ethyl adjacent to an activating group) is 1. The molecule has 2 aromatic rings. The topological polar surface area (TPSA) is 93.0 Å². The first-order chi connectivity index (χ1) is 11.6. The number of aromatic nitrogens is 4. The fraction of sp³-hybridized carbons (Fsp3) is 0.438. The molecule has 0 saturated carbocycles. The largest absolute Gasteiger partial charge is 0.357 e. The standard InChI is InChI=1S/C16H20N6O2/c1-12-8-20-21(10-12)11-14(23)22-7-3-4-16(22,15(24)17-2)13-9-18-5-6-19-13/h5-6,8-10H,3-4,7,11H2,1-2H3,(H,17,24). The van der Waals surface area contributed by atoms with Crippen molar-refractivity contribution in [3.63, 3.8) is 0 Å². The van der Waals surface area contributed by atoms with Gasteiger partial charge >= 0.3 is 0 Å². The quantitative estimate of drug-likeness (QED) is 0.868. The van der Waals surface area contributed by atoms with E-state index in [4.69, 9.17) is 0 Å². The molecule has 2 aromatic heterocycles. The lowest BCUT2D eigenvalue weighted by molar-refractivity contribution is -0.146. The summed E-state index contributed by atoms with van der Waals surface area (Å²) in [5.41, 5.74) is 0.366. The Morgan fingerprint density at radius 3 is 2.79 bits per heavy atom. The highest BCUT2D eigenvalue weighted by Gasteiger charge is 2.51. The van der Waals surface area contributed by atoms with E-state index in [2.05, 4.69) is 20.4 Å². The fourth-order valence-corrected chi connectivity index (χ4v) is 3.27. The Labute approximate surface area is 139 Å². The van der Waals surface area contributed by atoms with Crippen LogP contribution >= 0.6 is 0 Å². The van der Waals surface area contributed by atoms with Crippen molar-refractivity contribution in [1.29, 1.82) is 0 Å². The zero-order valence-corrected chi connectivity index (χ0v) is 13.8. The van der Waals surface area contributed by atoms with Crippen LogP contribution in [0.2, 0.25) is 0 Å². The van der Waals surface area contributed by atoms with Crippen molar-refractivity contribution < 1.29 is 9.59 Å². The van der Waals surface area contributed by atoms with Crippen molar-refractivity contribution in [3.05, 3.63) is 42.2 Å². The zero-order chi connectivity index (χ0) is 17.2. The van der Waals surface area contributed by atoms with Crippen LogP contribution in [0, 0.1) is 6.92 Å². The average molecular weight is 328 g/mol. The predicted molar refractivity (Wildman–Crippen MR) is 85.7 cm³/mol. The number of hydrogen-bond donors (Lipinski definition) is 1. The molecule has 0 aliphatic carbocycles. The van der Waals surface area contributed by atoms with E-state index < -0.39 is 5.54 Å². The molecule has 0 spiro atoms. The minimum atomic E-state index is -1.11. The molecule has 0 radical (unpaired) electrons. The van der Waals surface area contributed by atoms with Crippen LogP contribution < -0.4 is 5.32 Å². The van der Waals surface area contributed by atoms with Gasteiger partial charge in [0.2, 0.25) is 5.91 Å². The van der Waals surface area contributed by atoms with Crippen LogP contribution in [-0.4, -0.2) is 50.1 Å². The van der Waals surface area contributed by atoms with Crippen molar-refractivity contribution in [2.24, 2.45) is 0 Å². The molecule has 1 atom stereocenters. The summed E-state index contributed by atoms with van der Waals surface area (Å²) in [7, 11) is 1.57. The van der Waals surface area contributed by atoms with E-state index in [1.54, 1.807) is 41.4 Å². The van der Waals surface area contributed by atoms with Gasteiger partial charge in [0.1, 0.15) is 6.54 Å². The summed E-state index contributed by atoms with van der Waals surface area (Å²) >= 11 is 0. The number of likely N-dealkylation sites (tertiary alicyclic amines) is 1. The van der Waals surface area contributed by atoms with Crippen molar-refractivity contribution in [1.82, 2.24) is 30.0 Å². The second kappa shape index (κ2) is 6.38. The third-order valence-electron chi connectivity index (χ3n) is 4.33. The molecular weight excluding hydrogens is 308 g/mol. The number of carbonyl (C=O) groups is 2. The number of nitrogens with one attached hydrogen (secondary N) is 1. The monoisotopic (exact) mass is 328 g/mol. The van der Waals surface area contributed by atoms with Crippen molar-refractivity contribution >= 4 is 11.8 Å². The number of carbonyl (C=O) groups excluding carboxylic acids is 2. The maximum absolute atomic E-state index is 12.9.